The fraction of sp³-hybridized carbons (Fsp3) is 0.571. The second kappa shape index (κ2) is 11.6. The van der Waals surface area contributed by atoms with E-state index in [9.17, 15) is 4.79 Å². The molecule has 1 aromatic carbocycles. The lowest BCUT2D eigenvalue weighted by Gasteiger charge is -2.32. The third-order valence-corrected chi connectivity index (χ3v) is 6.00. The summed E-state index contributed by atoms with van der Waals surface area (Å²) in [7, 11) is 0. The van der Waals surface area contributed by atoms with Gasteiger partial charge in [0.1, 0.15) is 0 Å². The van der Waals surface area contributed by atoms with Gasteiger partial charge in [-0.25, -0.2) is 4.68 Å². The fourth-order valence-electron chi connectivity index (χ4n) is 4.15. The lowest BCUT2D eigenvalue weighted by Crippen LogP contribution is -2.44. The summed E-state index contributed by atoms with van der Waals surface area (Å²) in [6.07, 6.45) is 5.81. The molecule has 1 aromatic heterocycles. The summed E-state index contributed by atoms with van der Waals surface area (Å²) in [5.41, 5.74) is 3.16. The molecule has 2 fully saturated rings. The van der Waals surface area contributed by atoms with Crippen LogP contribution >= 0.6 is 24.8 Å². The highest BCUT2D eigenvalue weighted by Gasteiger charge is 2.23. The van der Waals surface area contributed by atoms with Gasteiger partial charge in [0.2, 0.25) is 0 Å². The highest BCUT2D eigenvalue weighted by molar-refractivity contribution is 5.92. The van der Waals surface area contributed by atoms with E-state index in [1.807, 2.05) is 4.68 Å². The summed E-state index contributed by atoms with van der Waals surface area (Å²) in [6.45, 7) is 7.14. The highest BCUT2D eigenvalue weighted by atomic mass is 35.5. The van der Waals surface area contributed by atoms with Crippen LogP contribution in [0.15, 0.2) is 30.5 Å². The van der Waals surface area contributed by atoms with E-state index in [0.29, 0.717) is 11.7 Å². The number of likely N-dealkylation sites (tertiary alicyclic amines) is 1. The van der Waals surface area contributed by atoms with E-state index < -0.39 is 0 Å². The van der Waals surface area contributed by atoms with Gasteiger partial charge in [0.25, 0.3) is 5.91 Å². The first-order chi connectivity index (χ1) is 13.7. The third kappa shape index (κ3) is 6.17. The van der Waals surface area contributed by atoms with E-state index >= 15 is 0 Å². The summed E-state index contributed by atoms with van der Waals surface area (Å²) >= 11 is 0. The molecule has 4 rings (SSSR count). The number of carbonyl (C=O) groups excluding carboxylic acids is 1. The average Bonchev–Trinajstić information content (AvgIpc) is 3.22. The molecule has 0 spiro atoms. The Balaban J connectivity index is 0.00000160. The summed E-state index contributed by atoms with van der Waals surface area (Å²) in [5.74, 6) is -0.0995. The van der Waals surface area contributed by atoms with Crippen molar-refractivity contribution in [2.24, 2.45) is 0 Å². The van der Waals surface area contributed by atoms with Crippen LogP contribution < -0.4 is 10.6 Å². The van der Waals surface area contributed by atoms with Crippen molar-refractivity contribution in [3.63, 3.8) is 0 Å². The summed E-state index contributed by atoms with van der Waals surface area (Å²) in [6, 6.07) is 9.12. The fourth-order valence-corrected chi connectivity index (χ4v) is 4.15. The molecule has 2 aliphatic rings. The second-order valence-corrected chi connectivity index (χ2v) is 8.02. The largest absolute Gasteiger partial charge is 0.348 e. The number of halogens is 2. The molecule has 7 nitrogen and oxygen atoms in total. The van der Waals surface area contributed by atoms with Gasteiger partial charge < -0.3 is 10.6 Å². The molecule has 2 saturated heterocycles. The van der Waals surface area contributed by atoms with Gasteiger partial charge in [-0.15, -0.1) is 29.9 Å². The van der Waals surface area contributed by atoms with Crippen LogP contribution in [0.5, 0.6) is 0 Å². The number of benzene rings is 1. The third-order valence-electron chi connectivity index (χ3n) is 6.00. The predicted octanol–water partition coefficient (Wildman–Crippen LogP) is 2.75. The van der Waals surface area contributed by atoms with Gasteiger partial charge in [-0.1, -0.05) is 29.5 Å². The number of aryl methyl sites for hydroxylation is 1. The molecular formula is C21H32Cl2N6O. The van der Waals surface area contributed by atoms with Gasteiger partial charge >= 0.3 is 0 Å². The molecular weight excluding hydrogens is 423 g/mol. The maximum Gasteiger partial charge on any atom is 0.273 e. The van der Waals surface area contributed by atoms with Crippen molar-refractivity contribution in [2.75, 3.05) is 26.2 Å². The lowest BCUT2D eigenvalue weighted by molar-refractivity contribution is 0.0903. The predicted molar refractivity (Wildman–Crippen MR) is 123 cm³/mol. The first-order valence-corrected chi connectivity index (χ1v) is 10.4. The van der Waals surface area contributed by atoms with E-state index in [4.69, 9.17) is 0 Å². The minimum absolute atomic E-state index is 0. The smallest absolute Gasteiger partial charge is 0.273 e. The maximum absolute atomic E-state index is 12.6. The molecule has 9 heteroatoms. The van der Waals surface area contributed by atoms with E-state index in [-0.39, 0.29) is 36.8 Å². The van der Waals surface area contributed by atoms with E-state index in [0.717, 1.165) is 58.4 Å². The van der Waals surface area contributed by atoms with Crippen LogP contribution in [0.2, 0.25) is 0 Å². The van der Waals surface area contributed by atoms with Gasteiger partial charge in [0, 0.05) is 25.7 Å². The Kier molecular flexibility index (Phi) is 9.55. The molecule has 1 amide bonds. The molecule has 0 atom stereocenters. The Hall–Kier alpha value is -1.67. The number of aromatic nitrogens is 3. The molecule has 2 aromatic rings. The highest BCUT2D eigenvalue weighted by Crippen LogP contribution is 2.18. The van der Waals surface area contributed by atoms with Crippen LogP contribution in [-0.2, 0) is 6.54 Å². The number of nitrogens with zero attached hydrogens (tertiary/aromatic N) is 4. The Bertz CT molecular complexity index is 800. The number of rotatable bonds is 5. The zero-order chi connectivity index (χ0) is 19.3. The summed E-state index contributed by atoms with van der Waals surface area (Å²) in [5, 5.41) is 14.8. The number of nitrogens with one attached hydrogen (secondary N) is 2. The zero-order valence-corrected chi connectivity index (χ0v) is 19.1. The SMILES string of the molecule is Cc1ccccc1CN1CCC(NC(=O)c2cn(C3CCNCC3)nn2)CC1.Cl.Cl. The normalized spacial score (nSPS) is 18.3. The molecule has 0 unspecified atom stereocenters. The van der Waals surface area contributed by atoms with Crippen molar-refractivity contribution in [3.05, 3.63) is 47.3 Å². The van der Waals surface area contributed by atoms with E-state index in [2.05, 4.69) is 57.0 Å². The van der Waals surface area contributed by atoms with Crippen LogP contribution in [0, 0.1) is 6.92 Å². The maximum atomic E-state index is 12.6. The van der Waals surface area contributed by atoms with E-state index in [1.54, 1.807) is 6.20 Å². The van der Waals surface area contributed by atoms with Crippen molar-refractivity contribution in [1.82, 2.24) is 30.5 Å². The molecule has 166 valence electrons. The number of hydrogen-bond donors (Lipinski definition) is 2. The van der Waals surface area contributed by atoms with Gasteiger partial charge in [0.05, 0.1) is 12.2 Å². The first kappa shape index (κ1) is 24.6. The van der Waals surface area contributed by atoms with Gasteiger partial charge in [0.15, 0.2) is 5.69 Å². The molecule has 30 heavy (non-hydrogen) atoms. The average molecular weight is 455 g/mol. The minimum Gasteiger partial charge on any atom is -0.348 e. The molecule has 0 radical (unpaired) electrons. The van der Waals surface area contributed by atoms with Gasteiger partial charge in [-0.3, -0.25) is 9.69 Å². The summed E-state index contributed by atoms with van der Waals surface area (Å²) in [4.78, 5) is 15.0. The number of piperidine rings is 2. The Labute approximate surface area is 190 Å². The van der Waals surface area contributed by atoms with Crippen molar-refractivity contribution in [2.45, 2.75) is 51.2 Å². The van der Waals surface area contributed by atoms with Crippen molar-refractivity contribution >= 4 is 30.7 Å². The second-order valence-electron chi connectivity index (χ2n) is 8.02. The standard InChI is InChI=1S/C21H30N6O.2ClH/c1-16-4-2-3-5-17(16)14-26-12-8-18(9-13-26)23-21(28)20-15-27(25-24-20)19-6-10-22-11-7-19;;/h2-5,15,18-19,22H,6-14H2,1H3,(H,23,28);2*1H. The van der Waals surface area contributed by atoms with E-state index in [1.165, 1.54) is 11.1 Å². The van der Waals surface area contributed by atoms with Crippen molar-refractivity contribution in [1.29, 1.82) is 0 Å². The lowest BCUT2D eigenvalue weighted by atomic mass is 10.0. The Morgan fingerprint density at radius 1 is 1.13 bits per heavy atom. The molecule has 0 aliphatic carbocycles. The topological polar surface area (TPSA) is 75.1 Å². The number of amides is 1. The molecule has 0 bridgehead atoms. The van der Waals surface area contributed by atoms with Crippen LogP contribution in [0.1, 0.15) is 53.3 Å². The van der Waals surface area contributed by atoms with Gasteiger partial charge in [-0.05, 0) is 56.8 Å². The molecule has 2 aliphatic heterocycles. The molecule has 0 saturated carbocycles. The first-order valence-electron chi connectivity index (χ1n) is 10.4. The quantitative estimate of drug-likeness (QED) is 0.726. The minimum atomic E-state index is -0.0995. The van der Waals surface area contributed by atoms with Crippen LogP contribution in [0.4, 0.5) is 0 Å². The van der Waals surface area contributed by atoms with Crippen LogP contribution in [0.3, 0.4) is 0 Å². The van der Waals surface area contributed by atoms with Crippen LogP contribution in [0.25, 0.3) is 0 Å². The number of carbonyl (C=O) groups is 1. The summed E-state index contributed by atoms with van der Waals surface area (Å²) < 4.78 is 1.86. The number of hydrogen-bond acceptors (Lipinski definition) is 5. The molecule has 3 heterocycles. The van der Waals surface area contributed by atoms with Crippen molar-refractivity contribution < 1.29 is 4.79 Å². The van der Waals surface area contributed by atoms with Gasteiger partial charge in [-0.2, -0.15) is 0 Å². The van der Waals surface area contributed by atoms with Crippen LogP contribution in [-0.4, -0.2) is 58.0 Å². The molecule has 2 N–H and O–H groups in total. The van der Waals surface area contributed by atoms with Crippen molar-refractivity contribution in [3.8, 4) is 0 Å². The zero-order valence-electron chi connectivity index (χ0n) is 17.4. The monoisotopic (exact) mass is 454 g/mol. The Morgan fingerprint density at radius 2 is 1.83 bits per heavy atom. The Morgan fingerprint density at radius 3 is 2.53 bits per heavy atom.